The average molecular weight is 505 g/mol. The summed E-state index contributed by atoms with van der Waals surface area (Å²) in [5, 5.41) is 3.89. The molecule has 4 aromatic rings. The van der Waals surface area contributed by atoms with Crippen LogP contribution in [0, 0.1) is 0 Å². The highest BCUT2D eigenvalue weighted by atomic mass is 35.5. The summed E-state index contributed by atoms with van der Waals surface area (Å²) in [5.41, 5.74) is 8.02. The second-order valence-corrected chi connectivity index (χ2v) is 9.79. The van der Waals surface area contributed by atoms with Crippen LogP contribution in [0.1, 0.15) is 21.3 Å². The SMILES string of the molecule is NC(=O)CN1C(=O)C(NC(=O)c2cc3ccccc3[nH]2)C(c2ccc(Cl)cc2)Sc2ccccc21. The third-order valence-electron chi connectivity index (χ3n) is 5.82. The number of H-pyrrole nitrogens is 1. The van der Waals surface area contributed by atoms with Gasteiger partial charge in [-0.1, -0.05) is 54.1 Å². The van der Waals surface area contributed by atoms with Gasteiger partial charge in [0.15, 0.2) is 0 Å². The molecular formula is C26H21ClN4O3S. The Morgan fingerprint density at radius 2 is 1.74 bits per heavy atom. The molecule has 0 fully saturated rings. The van der Waals surface area contributed by atoms with E-state index in [0.717, 1.165) is 21.4 Å². The van der Waals surface area contributed by atoms with Crippen molar-refractivity contribution in [2.24, 2.45) is 5.73 Å². The van der Waals surface area contributed by atoms with Crippen molar-refractivity contribution >= 4 is 57.7 Å². The zero-order chi connectivity index (χ0) is 24.5. The van der Waals surface area contributed by atoms with Crippen LogP contribution in [-0.4, -0.2) is 35.3 Å². The fourth-order valence-corrected chi connectivity index (χ4v) is 5.65. The van der Waals surface area contributed by atoms with E-state index in [4.69, 9.17) is 17.3 Å². The van der Waals surface area contributed by atoms with Gasteiger partial charge in [-0.3, -0.25) is 14.4 Å². The van der Waals surface area contributed by atoms with Gasteiger partial charge in [0.25, 0.3) is 11.8 Å². The maximum absolute atomic E-state index is 13.9. The van der Waals surface area contributed by atoms with Crippen molar-refractivity contribution in [1.29, 1.82) is 0 Å². The monoisotopic (exact) mass is 504 g/mol. The van der Waals surface area contributed by atoms with Gasteiger partial charge in [-0.2, -0.15) is 0 Å². The Balaban J connectivity index is 1.57. The molecular weight excluding hydrogens is 484 g/mol. The number of aromatic amines is 1. The Kier molecular flexibility index (Phi) is 6.23. The Hall–Kier alpha value is -3.75. The molecule has 0 bridgehead atoms. The maximum atomic E-state index is 13.9. The smallest absolute Gasteiger partial charge is 0.268 e. The van der Waals surface area contributed by atoms with Crippen LogP contribution in [0.3, 0.4) is 0 Å². The average Bonchev–Trinajstić information content (AvgIpc) is 3.25. The van der Waals surface area contributed by atoms with Gasteiger partial charge < -0.3 is 20.9 Å². The Morgan fingerprint density at radius 1 is 1.03 bits per heavy atom. The molecule has 7 nitrogen and oxygen atoms in total. The van der Waals surface area contributed by atoms with Crippen LogP contribution < -0.4 is 16.0 Å². The topological polar surface area (TPSA) is 108 Å². The van der Waals surface area contributed by atoms with Gasteiger partial charge in [0.05, 0.1) is 10.9 Å². The minimum absolute atomic E-state index is 0.303. The number of fused-ring (bicyclic) bond motifs is 2. The van der Waals surface area contributed by atoms with Crippen molar-refractivity contribution in [2.75, 3.05) is 11.4 Å². The number of hydrogen-bond donors (Lipinski definition) is 3. The number of primary amides is 1. The number of carbonyl (C=O) groups is 3. The molecule has 2 heterocycles. The van der Waals surface area contributed by atoms with E-state index in [1.807, 2.05) is 48.5 Å². The summed E-state index contributed by atoms with van der Waals surface area (Å²) in [6.07, 6.45) is 0. The van der Waals surface area contributed by atoms with Crippen molar-refractivity contribution in [3.8, 4) is 0 Å². The Morgan fingerprint density at radius 3 is 2.49 bits per heavy atom. The highest BCUT2D eigenvalue weighted by Gasteiger charge is 2.40. The number of carbonyl (C=O) groups excluding carboxylic acids is 3. The zero-order valence-electron chi connectivity index (χ0n) is 18.4. The lowest BCUT2D eigenvalue weighted by Crippen LogP contribution is -2.52. The van der Waals surface area contributed by atoms with Gasteiger partial charge in [0.1, 0.15) is 18.3 Å². The normalized spacial score (nSPS) is 17.6. The minimum Gasteiger partial charge on any atom is -0.368 e. The van der Waals surface area contributed by atoms with Crippen molar-refractivity contribution in [1.82, 2.24) is 10.3 Å². The lowest BCUT2D eigenvalue weighted by atomic mass is 10.0. The van der Waals surface area contributed by atoms with Crippen molar-refractivity contribution in [2.45, 2.75) is 16.2 Å². The molecule has 2 atom stereocenters. The molecule has 1 aromatic heterocycles. The van der Waals surface area contributed by atoms with Crippen LogP contribution in [0.4, 0.5) is 5.69 Å². The van der Waals surface area contributed by atoms with Gasteiger partial charge in [0.2, 0.25) is 5.91 Å². The number of nitrogens with zero attached hydrogens (tertiary/aromatic N) is 1. The quantitative estimate of drug-likeness (QED) is 0.377. The van der Waals surface area contributed by atoms with Gasteiger partial charge in [0, 0.05) is 20.8 Å². The summed E-state index contributed by atoms with van der Waals surface area (Å²) in [6, 6.07) is 22.8. The van der Waals surface area contributed by atoms with E-state index in [1.54, 1.807) is 30.3 Å². The molecule has 3 aromatic carbocycles. The standard InChI is InChI=1S/C26H21ClN4O3S/c27-17-11-9-15(10-12-17)24-23(30-25(33)19-13-16-5-1-2-6-18(16)29-19)26(34)31(14-22(28)32)20-7-3-4-8-21(20)35-24/h1-13,23-24,29H,14H2,(H2,28,32)(H,30,33). The molecule has 176 valence electrons. The van der Waals surface area contributed by atoms with Crippen LogP contribution >= 0.6 is 23.4 Å². The predicted octanol–water partition coefficient (Wildman–Crippen LogP) is 4.29. The van der Waals surface area contributed by atoms with E-state index in [2.05, 4.69) is 10.3 Å². The molecule has 1 aliphatic heterocycles. The molecule has 0 saturated heterocycles. The molecule has 9 heteroatoms. The third-order valence-corrected chi connectivity index (χ3v) is 7.47. The van der Waals surface area contributed by atoms with E-state index in [9.17, 15) is 14.4 Å². The lowest BCUT2D eigenvalue weighted by molar-refractivity contribution is -0.123. The number of nitrogens with two attached hydrogens (primary N) is 1. The third kappa shape index (κ3) is 4.62. The van der Waals surface area contributed by atoms with E-state index >= 15 is 0 Å². The molecule has 2 unspecified atom stereocenters. The number of rotatable bonds is 5. The fraction of sp³-hybridized carbons (Fsp3) is 0.115. The fourth-order valence-electron chi connectivity index (χ4n) is 4.18. The van der Waals surface area contributed by atoms with E-state index in [1.165, 1.54) is 16.7 Å². The molecule has 0 radical (unpaired) electrons. The largest absolute Gasteiger partial charge is 0.368 e. The molecule has 5 rings (SSSR count). The molecule has 1 aliphatic rings. The van der Waals surface area contributed by atoms with Crippen molar-refractivity contribution in [3.63, 3.8) is 0 Å². The molecule has 0 spiro atoms. The van der Waals surface area contributed by atoms with Gasteiger partial charge >= 0.3 is 0 Å². The summed E-state index contributed by atoms with van der Waals surface area (Å²) < 4.78 is 0. The predicted molar refractivity (Wildman–Crippen MR) is 138 cm³/mol. The first-order chi connectivity index (χ1) is 16.9. The van der Waals surface area contributed by atoms with Gasteiger partial charge in [-0.15, -0.1) is 11.8 Å². The second-order valence-electron chi connectivity index (χ2n) is 8.17. The molecule has 0 saturated carbocycles. The Bertz CT molecular complexity index is 1400. The number of para-hydroxylation sites is 2. The van der Waals surface area contributed by atoms with Crippen LogP contribution in [0.2, 0.25) is 5.02 Å². The highest BCUT2D eigenvalue weighted by Crippen LogP contribution is 2.45. The van der Waals surface area contributed by atoms with Crippen LogP contribution in [-0.2, 0) is 9.59 Å². The van der Waals surface area contributed by atoms with E-state index < -0.39 is 29.0 Å². The number of thioether (sulfide) groups is 1. The number of hydrogen-bond acceptors (Lipinski definition) is 4. The summed E-state index contributed by atoms with van der Waals surface area (Å²) in [5.74, 6) is -1.50. The summed E-state index contributed by atoms with van der Waals surface area (Å²) in [7, 11) is 0. The summed E-state index contributed by atoms with van der Waals surface area (Å²) in [4.78, 5) is 44.4. The minimum atomic E-state index is -0.980. The summed E-state index contributed by atoms with van der Waals surface area (Å²) in [6.45, 7) is -0.303. The second kappa shape index (κ2) is 9.48. The molecule has 3 amide bonds. The number of aromatic nitrogens is 1. The first-order valence-electron chi connectivity index (χ1n) is 10.9. The van der Waals surface area contributed by atoms with Gasteiger partial charge in [-0.05, 0) is 42.0 Å². The molecule has 0 aliphatic carbocycles. The van der Waals surface area contributed by atoms with Crippen molar-refractivity contribution < 1.29 is 14.4 Å². The number of nitrogens with one attached hydrogen (secondary N) is 2. The first-order valence-corrected chi connectivity index (χ1v) is 12.2. The van der Waals surface area contributed by atoms with Crippen LogP contribution in [0.5, 0.6) is 0 Å². The first kappa shape index (κ1) is 23.0. The van der Waals surface area contributed by atoms with E-state index in [-0.39, 0.29) is 6.54 Å². The van der Waals surface area contributed by atoms with Crippen LogP contribution in [0.25, 0.3) is 10.9 Å². The number of anilines is 1. The zero-order valence-corrected chi connectivity index (χ0v) is 20.0. The highest BCUT2D eigenvalue weighted by molar-refractivity contribution is 7.99. The number of halogens is 1. The number of benzene rings is 3. The lowest BCUT2D eigenvalue weighted by Gasteiger charge is -2.28. The van der Waals surface area contributed by atoms with Crippen molar-refractivity contribution in [3.05, 3.63) is 95.1 Å². The number of amides is 3. The molecule has 35 heavy (non-hydrogen) atoms. The maximum Gasteiger partial charge on any atom is 0.268 e. The summed E-state index contributed by atoms with van der Waals surface area (Å²) >= 11 is 7.54. The van der Waals surface area contributed by atoms with Crippen LogP contribution in [0.15, 0.2) is 83.8 Å². The van der Waals surface area contributed by atoms with E-state index in [0.29, 0.717) is 16.4 Å². The van der Waals surface area contributed by atoms with Gasteiger partial charge in [-0.25, -0.2) is 0 Å². The Labute approximate surface area is 210 Å². The molecule has 4 N–H and O–H groups in total.